The van der Waals surface area contributed by atoms with Gasteiger partial charge in [0, 0.05) is 19.0 Å². The van der Waals surface area contributed by atoms with Crippen molar-refractivity contribution in [3.63, 3.8) is 0 Å². The minimum absolute atomic E-state index is 0.360. The molecule has 2 aliphatic rings. The largest absolute Gasteiger partial charge is 0.342 e. The van der Waals surface area contributed by atoms with Gasteiger partial charge in [0.2, 0.25) is 5.91 Å². The van der Waals surface area contributed by atoms with Gasteiger partial charge in [0.15, 0.2) is 0 Å². The van der Waals surface area contributed by atoms with E-state index in [1.54, 1.807) is 0 Å². The summed E-state index contributed by atoms with van der Waals surface area (Å²) in [4.78, 5) is 14.2. The number of carbonyl (C=O) groups excluding carboxylic acids is 1. The topological polar surface area (TPSA) is 20.3 Å². The summed E-state index contributed by atoms with van der Waals surface area (Å²) in [6.07, 6.45) is 5.75. The smallest absolute Gasteiger partial charge is 0.225 e. The minimum Gasteiger partial charge on any atom is -0.342 e. The number of likely N-dealkylation sites (tertiary alicyclic amines) is 1. The van der Waals surface area contributed by atoms with Crippen molar-refractivity contribution in [3.05, 3.63) is 35.9 Å². The van der Waals surface area contributed by atoms with Crippen molar-refractivity contribution >= 4 is 5.91 Å². The predicted octanol–water partition coefficient (Wildman–Crippen LogP) is 3.19. The van der Waals surface area contributed by atoms with Crippen LogP contribution in [0.2, 0.25) is 0 Å². The molecule has 1 aliphatic heterocycles. The Kier molecular flexibility index (Phi) is 3.35. The monoisotopic (exact) mass is 243 g/mol. The first-order valence-corrected chi connectivity index (χ1v) is 7.18. The first kappa shape index (κ1) is 11.8. The Bertz CT molecular complexity index is 402. The summed E-state index contributed by atoms with van der Waals surface area (Å²) in [6, 6.07) is 10.7. The van der Waals surface area contributed by atoms with Crippen molar-refractivity contribution in [2.24, 2.45) is 5.92 Å². The molecule has 1 aliphatic carbocycles. The molecule has 0 unspecified atom stereocenters. The lowest BCUT2D eigenvalue weighted by Crippen LogP contribution is -2.43. The molecule has 1 heterocycles. The molecule has 3 rings (SSSR count). The van der Waals surface area contributed by atoms with Crippen LogP contribution < -0.4 is 0 Å². The maximum atomic E-state index is 12.1. The van der Waals surface area contributed by atoms with Gasteiger partial charge >= 0.3 is 0 Å². The van der Waals surface area contributed by atoms with E-state index in [0.717, 1.165) is 38.8 Å². The molecule has 1 saturated heterocycles. The zero-order chi connectivity index (χ0) is 12.4. The lowest BCUT2D eigenvalue weighted by atomic mass is 9.83. The van der Waals surface area contributed by atoms with Gasteiger partial charge < -0.3 is 4.90 Å². The van der Waals surface area contributed by atoms with Gasteiger partial charge in [-0.3, -0.25) is 4.79 Å². The van der Waals surface area contributed by atoms with Crippen LogP contribution in [0.3, 0.4) is 0 Å². The van der Waals surface area contributed by atoms with Gasteiger partial charge in [-0.05, 0) is 37.2 Å². The molecule has 2 fully saturated rings. The normalized spacial score (nSPS) is 21.7. The molecule has 2 nitrogen and oxygen atoms in total. The number of hydrogen-bond donors (Lipinski definition) is 0. The highest BCUT2D eigenvalue weighted by Crippen LogP contribution is 2.32. The van der Waals surface area contributed by atoms with Crippen LogP contribution in [-0.2, 0) is 4.79 Å². The molecule has 0 bridgehead atoms. The highest BCUT2D eigenvalue weighted by atomic mass is 16.2. The highest BCUT2D eigenvalue weighted by molar-refractivity contribution is 5.79. The predicted molar refractivity (Wildman–Crippen MR) is 72.3 cm³/mol. The van der Waals surface area contributed by atoms with E-state index < -0.39 is 0 Å². The van der Waals surface area contributed by atoms with Crippen molar-refractivity contribution in [3.8, 4) is 0 Å². The van der Waals surface area contributed by atoms with Crippen LogP contribution in [0.1, 0.15) is 43.6 Å². The Morgan fingerprint density at radius 2 is 1.67 bits per heavy atom. The van der Waals surface area contributed by atoms with Crippen LogP contribution in [0.25, 0.3) is 0 Å². The average molecular weight is 243 g/mol. The second kappa shape index (κ2) is 5.13. The molecule has 1 saturated carbocycles. The van der Waals surface area contributed by atoms with Crippen LogP contribution in [0.15, 0.2) is 30.3 Å². The van der Waals surface area contributed by atoms with Gasteiger partial charge in [-0.25, -0.2) is 0 Å². The van der Waals surface area contributed by atoms with Crippen molar-refractivity contribution < 1.29 is 4.79 Å². The van der Waals surface area contributed by atoms with Gasteiger partial charge in [-0.15, -0.1) is 0 Å². The fourth-order valence-electron chi connectivity index (χ4n) is 3.07. The Morgan fingerprint density at radius 1 is 1.00 bits per heavy atom. The lowest BCUT2D eigenvalue weighted by molar-refractivity contribution is -0.139. The first-order valence-electron chi connectivity index (χ1n) is 7.18. The van der Waals surface area contributed by atoms with E-state index in [4.69, 9.17) is 0 Å². The minimum atomic E-state index is 0.360. The van der Waals surface area contributed by atoms with Crippen molar-refractivity contribution in [1.82, 2.24) is 4.90 Å². The van der Waals surface area contributed by atoms with Gasteiger partial charge in [-0.2, -0.15) is 0 Å². The molecule has 18 heavy (non-hydrogen) atoms. The van der Waals surface area contributed by atoms with E-state index in [2.05, 4.69) is 35.2 Å². The Hall–Kier alpha value is -1.31. The number of nitrogens with zero attached hydrogens (tertiary/aromatic N) is 1. The number of hydrogen-bond acceptors (Lipinski definition) is 1. The van der Waals surface area contributed by atoms with Crippen LogP contribution in [0.4, 0.5) is 0 Å². The van der Waals surface area contributed by atoms with Crippen LogP contribution in [0, 0.1) is 5.92 Å². The van der Waals surface area contributed by atoms with E-state index in [9.17, 15) is 4.79 Å². The Balaban J connectivity index is 1.56. The Labute approximate surface area is 109 Å². The third kappa shape index (κ3) is 2.29. The van der Waals surface area contributed by atoms with E-state index in [-0.39, 0.29) is 0 Å². The zero-order valence-electron chi connectivity index (χ0n) is 10.8. The third-order valence-corrected chi connectivity index (χ3v) is 4.53. The number of carbonyl (C=O) groups is 1. The SMILES string of the molecule is O=C(C1CCC1)N1CCC(c2ccccc2)CC1. The number of rotatable bonds is 2. The quantitative estimate of drug-likeness (QED) is 0.781. The molecule has 0 atom stereocenters. The van der Waals surface area contributed by atoms with Crippen LogP contribution >= 0.6 is 0 Å². The number of amides is 1. The number of piperidine rings is 1. The summed E-state index contributed by atoms with van der Waals surface area (Å²) in [6.45, 7) is 1.91. The van der Waals surface area contributed by atoms with E-state index >= 15 is 0 Å². The van der Waals surface area contributed by atoms with Crippen LogP contribution in [-0.4, -0.2) is 23.9 Å². The van der Waals surface area contributed by atoms with E-state index in [1.807, 2.05) is 0 Å². The first-order chi connectivity index (χ1) is 8.84. The van der Waals surface area contributed by atoms with Crippen molar-refractivity contribution in [2.45, 2.75) is 38.0 Å². The van der Waals surface area contributed by atoms with Gasteiger partial charge in [0.1, 0.15) is 0 Å². The molecule has 0 spiro atoms. The summed E-state index contributed by atoms with van der Waals surface area (Å²) in [5, 5.41) is 0. The van der Waals surface area contributed by atoms with E-state index in [1.165, 1.54) is 12.0 Å². The van der Waals surface area contributed by atoms with Gasteiger partial charge in [0.05, 0.1) is 0 Å². The summed E-state index contributed by atoms with van der Waals surface area (Å²) < 4.78 is 0. The zero-order valence-corrected chi connectivity index (χ0v) is 10.8. The highest BCUT2D eigenvalue weighted by Gasteiger charge is 2.31. The lowest BCUT2D eigenvalue weighted by Gasteiger charge is -2.36. The molecule has 1 aromatic rings. The molecule has 0 N–H and O–H groups in total. The maximum absolute atomic E-state index is 12.1. The summed E-state index contributed by atoms with van der Waals surface area (Å²) in [7, 11) is 0. The Morgan fingerprint density at radius 3 is 2.22 bits per heavy atom. The van der Waals surface area contributed by atoms with Crippen LogP contribution in [0.5, 0.6) is 0 Å². The molecule has 1 amide bonds. The third-order valence-electron chi connectivity index (χ3n) is 4.53. The fourth-order valence-corrected chi connectivity index (χ4v) is 3.07. The van der Waals surface area contributed by atoms with Crippen molar-refractivity contribution in [1.29, 1.82) is 0 Å². The summed E-state index contributed by atoms with van der Waals surface area (Å²) in [5.41, 5.74) is 1.44. The average Bonchev–Trinajstić information content (AvgIpc) is 2.38. The number of benzene rings is 1. The maximum Gasteiger partial charge on any atom is 0.225 e. The molecule has 0 radical (unpaired) electrons. The summed E-state index contributed by atoms with van der Waals surface area (Å²) >= 11 is 0. The fraction of sp³-hybridized carbons (Fsp3) is 0.562. The van der Waals surface area contributed by atoms with Gasteiger partial charge in [-0.1, -0.05) is 36.8 Å². The molecule has 96 valence electrons. The van der Waals surface area contributed by atoms with Crippen molar-refractivity contribution in [2.75, 3.05) is 13.1 Å². The molecule has 2 heteroatoms. The molecular weight excluding hydrogens is 222 g/mol. The second-order valence-corrected chi connectivity index (χ2v) is 5.64. The molecule has 1 aromatic carbocycles. The molecule has 0 aromatic heterocycles. The van der Waals surface area contributed by atoms with E-state index in [0.29, 0.717) is 17.7 Å². The summed E-state index contributed by atoms with van der Waals surface area (Å²) in [5.74, 6) is 1.43. The second-order valence-electron chi connectivity index (χ2n) is 5.64. The van der Waals surface area contributed by atoms with Gasteiger partial charge in [0.25, 0.3) is 0 Å². The molecular formula is C16H21NO. The standard InChI is InChI=1S/C16H21NO/c18-16(15-7-4-8-15)17-11-9-14(10-12-17)13-5-2-1-3-6-13/h1-3,5-6,14-15H,4,7-12H2.